The van der Waals surface area contributed by atoms with E-state index in [1.807, 2.05) is 0 Å². The highest BCUT2D eigenvalue weighted by atomic mass is 35.5. The molecule has 0 spiro atoms. The molecular weight excluding hydrogens is 297 g/mol. The van der Waals surface area contributed by atoms with E-state index in [0.29, 0.717) is 11.3 Å². The van der Waals surface area contributed by atoms with Crippen LogP contribution >= 0.6 is 11.6 Å². The monoisotopic (exact) mass is 309 g/mol. The number of methoxy groups -OCH3 is 1. The van der Waals surface area contributed by atoms with Gasteiger partial charge >= 0.3 is 5.97 Å². The molecule has 0 aliphatic heterocycles. The predicted molar refractivity (Wildman–Crippen MR) is 77.9 cm³/mol. The molecule has 0 atom stereocenters. The van der Waals surface area contributed by atoms with Crippen LogP contribution in [0.5, 0.6) is 5.75 Å². The molecule has 0 amide bonds. The second kappa shape index (κ2) is 6.45. The number of nitrogens with two attached hydrogens (primary N) is 1. The van der Waals surface area contributed by atoms with Crippen molar-refractivity contribution in [1.29, 1.82) is 0 Å². The summed E-state index contributed by atoms with van der Waals surface area (Å²) in [5.74, 6) is -1.01. The summed E-state index contributed by atoms with van der Waals surface area (Å²) in [5.41, 5.74) is 6.67. The van der Waals surface area contributed by atoms with E-state index < -0.39 is 11.8 Å². The van der Waals surface area contributed by atoms with Crippen LogP contribution in [0, 0.1) is 5.82 Å². The summed E-state index contributed by atoms with van der Waals surface area (Å²) in [6.45, 7) is -0.0785. The number of hydrogen-bond acceptors (Lipinski definition) is 4. The third-order valence-corrected chi connectivity index (χ3v) is 3.13. The minimum absolute atomic E-state index is 0.0785. The van der Waals surface area contributed by atoms with Gasteiger partial charge in [-0.15, -0.1) is 0 Å². The Bertz CT molecular complexity index is 676. The van der Waals surface area contributed by atoms with Gasteiger partial charge in [-0.3, -0.25) is 0 Å². The van der Waals surface area contributed by atoms with Gasteiger partial charge in [0.05, 0.1) is 17.7 Å². The van der Waals surface area contributed by atoms with Crippen LogP contribution in [0.15, 0.2) is 36.4 Å². The van der Waals surface area contributed by atoms with E-state index in [9.17, 15) is 9.18 Å². The van der Waals surface area contributed by atoms with Gasteiger partial charge in [0.15, 0.2) is 11.6 Å². The lowest BCUT2D eigenvalue weighted by Gasteiger charge is -2.08. The minimum Gasteiger partial charge on any atom is -0.494 e. The van der Waals surface area contributed by atoms with Crippen molar-refractivity contribution < 1.29 is 18.7 Å². The number of carbonyl (C=O) groups is 1. The molecule has 2 aromatic rings. The first-order chi connectivity index (χ1) is 10.0. The largest absolute Gasteiger partial charge is 0.494 e. The Labute approximate surface area is 126 Å². The third-order valence-electron chi connectivity index (χ3n) is 2.80. The Kier molecular flexibility index (Phi) is 4.65. The lowest BCUT2D eigenvalue weighted by atomic mass is 10.2. The van der Waals surface area contributed by atoms with Gasteiger partial charge in [-0.25, -0.2) is 9.18 Å². The molecule has 0 aliphatic rings. The van der Waals surface area contributed by atoms with E-state index >= 15 is 0 Å². The Morgan fingerprint density at radius 3 is 2.71 bits per heavy atom. The topological polar surface area (TPSA) is 61.5 Å². The summed E-state index contributed by atoms with van der Waals surface area (Å²) >= 11 is 5.90. The Hall–Kier alpha value is -2.27. The highest BCUT2D eigenvalue weighted by Crippen LogP contribution is 2.21. The maximum absolute atomic E-state index is 13.5. The fourth-order valence-electron chi connectivity index (χ4n) is 1.73. The number of nitrogen functional groups attached to an aromatic ring is 1. The van der Waals surface area contributed by atoms with Crippen LogP contribution < -0.4 is 10.5 Å². The maximum Gasteiger partial charge on any atom is 0.340 e. The molecule has 4 nitrogen and oxygen atoms in total. The smallest absolute Gasteiger partial charge is 0.340 e. The molecule has 2 rings (SSSR count). The standard InChI is InChI=1S/C15H13ClFNO3/c1-20-14-5-2-9(6-13(14)17)8-21-15(19)11-7-10(18)3-4-12(11)16/h2-7H,8,18H2,1H3. The van der Waals surface area contributed by atoms with Crippen molar-refractivity contribution >= 4 is 23.3 Å². The van der Waals surface area contributed by atoms with Crippen molar-refractivity contribution in [3.8, 4) is 5.75 Å². The number of halogens is 2. The van der Waals surface area contributed by atoms with Gasteiger partial charge in [0.25, 0.3) is 0 Å². The van der Waals surface area contributed by atoms with Crippen molar-refractivity contribution in [1.82, 2.24) is 0 Å². The number of anilines is 1. The first kappa shape index (κ1) is 15.1. The van der Waals surface area contributed by atoms with Crippen LogP contribution in [-0.2, 0) is 11.3 Å². The molecule has 0 saturated carbocycles. The highest BCUT2D eigenvalue weighted by molar-refractivity contribution is 6.33. The molecule has 2 aromatic carbocycles. The van der Waals surface area contributed by atoms with Crippen molar-refractivity contribution in [3.05, 3.63) is 58.4 Å². The second-order valence-corrected chi connectivity index (χ2v) is 4.69. The quantitative estimate of drug-likeness (QED) is 0.694. The van der Waals surface area contributed by atoms with E-state index in [1.54, 1.807) is 12.1 Å². The Morgan fingerprint density at radius 2 is 2.05 bits per heavy atom. The summed E-state index contributed by atoms with van der Waals surface area (Å²) in [5, 5.41) is 0.245. The van der Waals surface area contributed by atoms with Gasteiger partial charge in [-0.2, -0.15) is 0 Å². The van der Waals surface area contributed by atoms with Crippen LogP contribution in [0.25, 0.3) is 0 Å². The number of benzene rings is 2. The van der Waals surface area contributed by atoms with Crippen LogP contribution in [0.2, 0.25) is 5.02 Å². The Balaban J connectivity index is 2.07. The Morgan fingerprint density at radius 1 is 1.29 bits per heavy atom. The van der Waals surface area contributed by atoms with Gasteiger partial charge in [0.1, 0.15) is 6.61 Å². The van der Waals surface area contributed by atoms with Crippen molar-refractivity contribution in [2.24, 2.45) is 0 Å². The molecule has 0 unspecified atom stereocenters. The van der Waals surface area contributed by atoms with Gasteiger partial charge in [0, 0.05) is 5.69 Å². The van der Waals surface area contributed by atoms with Gasteiger partial charge in [0.2, 0.25) is 0 Å². The zero-order chi connectivity index (χ0) is 15.4. The fourth-order valence-corrected chi connectivity index (χ4v) is 1.92. The minimum atomic E-state index is -0.622. The molecule has 110 valence electrons. The summed E-state index contributed by atoms with van der Waals surface area (Å²) in [7, 11) is 1.37. The molecule has 0 radical (unpaired) electrons. The molecule has 0 aliphatic carbocycles. The highest BCUT2D eigenvalue weighted by Gasteiger charge is 2.13. The van der Waals surface area contributed by atoms with Crippen LogP contribution in [0.4, 0.5) is 10.1 Å². The van der Waals surface area contributed by atoms with E-state index in [1.165, 1.54) is 31.4 Å². The predicted octanol–water partition coefficient (Wildman–Crippen LogP) is 3.43. The molecule has 6 heteroatoms. The summed E-state index contributed by atoms with van der Waals surface area (Å²) in [6.07, 6.45) is 0. The van der Waals surface area contributed by atoms with Crippen molar-refractivity contribution in [2.45, 2.75) is 6.61 Å². The SMILES string of the molecule is COc1ccc(COC(=O)c2cc(N)ccc2Cl)cc1F. The lowest BCUT2D eigenvalue weighted by Crippen LogP contribution is -2.07. The van der Waals surface area contributed by atoms with E-state index in [-0.39, 0.29) is 22.9 Å². The molecule has 0 heterocycles. The number of hydrogen-bond donors (Lipinski definition) is 1. The molecule has 0 saturated heterocycles. The molecule has 2 N–H and O–H groups in total. The van der Waals surface area contributed by atoms with Gasteiger partial charge < -0.3 is 15.2 Å². The fraction of sp³-hybridized carbons (Fsp3) is 0.133. The molecule has 0 bridgehead atoms. The van der Waals surface area contributed by atoms with Crippen molar-refractivity contribution in [3.63, 3.8) is 0 Å². The first-order valence-electron chi connectivity index (χ1n) is 6.06. The normalized spacial score (nSPS) is 10.2. The number of ether oxygens (including phenoxy) is 2. The number of carbonyl (C=O) groups excluding carboxylic acids is 1. The summed E-state index contributed by atoms with van der Waals surface area (Å²) < 4.78 is 23.4. The van der Waals surface area contributed by atoms with E-state index in [4.69, 9.17) is 26.8 Å². The van der Waals surface area contributed by atoms with Gasteiger partial charge in [-0.1, -0.05) is 17.7 Å². The average Bonchev–Trinajstić information content (AvgIpc) is 2.47. The zero-order valence-electron chi connectivity index (χ0n) is 11.2. The lowest BCUT2D eigenvalue weighted by molar-refractivity contribution is 0.0472. The molecule has 0 aromatic heterocycles. The average molecular weight is 310 g/mol. The van der Waals surface area contributed by atoms with Crippen molar-refractivity contribution in [2.75, 3.05) is 12.8 Å². The van der Waals surface area contributed by atoms with Crippen LogP contribution in [0.3, 0.4) is 0 Å². The zero-order valence-corrected chi connectivity index (χ0v) is 12.0. The second-order valence-electron chi connectivity index (χ2n) is 4.28. The molecule has 21 heavy (non-hydrogen) atoms. The number of rotatable bonds is 4. The van der Waals surface area contributed by atoms with Gasteiger partial charge in [-0.05, 0) is 35.9 Å². The third kappa shape index (κ3) is 3.64. The van der Waals surface area contributed by atoms with E-state index in [0.717, 1.165) is 0 Å². The number of esters is 1. The van der Waals surface area contributed by atoms with Crippen LogP contribution in [-0.4, -0.2) is 13.1 Å². The van der Waals surface area contributed by atoms with E-state index in [2.05, 4.69) is 0 Å². The maximum atomic E-state index is 13.5. The molecular formula is C15H13ClFNO3. The summed E-state index contributed by atoms with van der Waals surface area (Å²) in [4.78, 5) is 11.9. The summed E-state index contributed by atoms with van der Waals surface area (Å²) in [6, 6.07) is 8.84. The van der Waals surface area contributed by atoms with Crippen LogP contribution in [0.1, 0.15) is 15.9 Å². The molecule has 0 fully saturated rings. The first-order valence-corrected chi connectivity index (χ1v) is 6.43.